The molecule has 1 unspecified atom stereocenters. The molecule has 0 aliphatic rings. The highest BCUT2D eigenvalue weighted by molar-refractivity contribution is 6.42. The number of hydrogen-bond acceptors (Lipinski definition) is 2. The number of halogens is 2. The van der Waals surface area contributed by atoms with E-state index in [1.807, 2.05) is 30.7 Å². The molecule has 0 bridgehead atoms. The van der Waals surface area contributed by atoms with Crippen molar-refractivity contribution in [2.24, 2.45) is 0 Å². The van der Waals surface area contributed by atoms with E-state index in [1.165, 1.54) is 0 Å². The second-order valence-corrected chi connectivity index (χ2v) is 5.72. The van der Waals surface area contributed by atoms with Gasteiger partial charge in [-0.05, 0) is 44.0 Å². The van der Waals surface area contributed by atoms with Gasteiger partial charge in [0.2, 0.25) is 0 Å². The second-order valence-electron chi connectivity index (χ2n) is 4.90. The lowest BCUT2D eigenvalue weighted by molar-refractivity contribution is 0.172. The van der Waals surface area contributed by atoms with Gasteiger partial charge in [-0.15, -0.1) is 0 Å². The van der Waals surface area contributed by atoms with Crippen molar-refractivity contribution in [1.29, 1.82) is 0 Å². The molecule has 0 aliphatic carbocycles. The molecule has 1 N–H and O–H groups in total. The molecule has 2 rings (SSSR count). The number of aromatic nitrogens is 2. The minimum Gasteiger partial charge on any atom is -0.392 e. The zero-order valence-electron chi connectivity index (χ0n) is 11.6. The molecular weight excluding hydrogens is 295 g/mol. The first kappa shape index (κ1) is 15.4. The fourth-order valence-corrected chi connectivity index (χ4v) is 2.61. The number of benzene rings is 1. The van der Waals surface area contributed by atoms with Gasteiger partial charge >= 0.3 is 0 Å². The Morgan fingerprint density at radius 1 is 1.20 bits per heavy atom. The van der Waals surface area contributed by atoms with Crippen molar-refractivity contribution in [3.05, 3.63) is 51.3 Å². The van der Waals surface area contributed by atoms with Gasteiger partial charge in [0, 0.05) is 18.7 Å². The molecule has 0 saturated carbocycles. The topological polar surface area (TPSA) is 38.0 Å². The lowest BCUT2D eigenvalue weighted by Gasteiger charge is -2.12. The van der Waals surface area contributed by atoms with Crippen LogP contribution in [0.3, 0.4) is 0 Å². The molecule has 2 aromatic rings. The number of aliphatic hydroxyl groups excluding tert-OH is 1. The quantitative estimate of drug-likeness (QED) is 0.915. The van der Waals surface area contributed by atoms with Crippen LogP contribution in [0.15, 0.2) is 24.3 Å². The molecule has 0 radical (unpaired) electrons. The highest BCUT2D eigenvalue weighted by Gasteiger charge is 2.12. The molecule has 0 saturated heterocycles. The Bertz CT molecular complexity index is 596. The van der Waals surface area contributed by atoms with E-state index in [0.717, 1.165) is 23.5 Å². The van der Waals surface area contributed by atoms with E-state index in [-0.39, 0.29) is 0 Å². The Hall–Kier alpha value is -1.03. The zero-order valence-corrected chi connectivity index (χ0v) is 13.1. The average Bonchev–Trinajstić information content (AvgIpc) is 2.74. The zero-order chi connectivity index (χ0) is 14.7. The Morgan fingerprint density at radius 3 is 2.60 bits per heavy atom. The molecule has 20 heavy (non-hydrogen) atoms. The number of nitrogens with zero attached hydrogens (tertiary/aromatic N) is 2. The lowest BCUT2D eigenvalue weighted by Crippen LogP contribution is -2.17. The monoisotopic (exact) mass is 312 g/mol. The van der Waals surface area contributed by atoms with Crippen LogP contribution in [0.1, 0.15) is 23.9 Å². The maximum Gasteiger partial charge on any atom is 0.0635 e. The van der Waals surface area contributed by atoms with Crippen molar-refractivity contribution in [2.45, 2.75) is 39.3 Å². The van der Waals surface area contributed by atoms with Crippen molar-refractivity contribution >= 4 is 23.2 Å². The Balaban J connectivity index is 2.04. The normalized spacial score (nSPS) is 12.7. The number of rotatable bonds is 5. The molecule has 1 aromatic carbocycles. The predicted molar refractivity (Wildman–Crippen MR) is 82.5 cm³/mol. The molecule has 1 aromatic heterocycles. The maximum absolute atomic E-state index is 10.2. The Morgan fingerprint density at radius 2 is 1.95 bits per heavy atom. The van der Waals surface area contributed by atoms with Gasteiger partial charge in [-0.3, -0.25) is 4.68 Å². The van der Waals surface area contributed by atoms with Crippen LogP contribution in [-0.2, 0) is 19.4 Å². The first-order chi connectivity index (χ1) is 9.49. The summed E-state index contributed by atoms with van der Waals surface area (Å²) in [6, 6.07) is 7.46. The first-order valence-corrected chi connectivity index (χ1v) is 7.40. The lowest BCUT2D eigenvalue weighted by atomic mass is 10.0. The summed E-state index contributed by atoms with van der Waals surface area (Å²) in [5.41, 5.74) is 3.01. The van der Waals surface area contributed by atoms with Gasteiger partial charge < -0.3 is 5.11 Å². The van der Waals surface area contributed by atoms with Crippen LogP contribution in [0.5, 0.6) is 0 Å². The summed E-state index contributed by atoms with van der Waals surface area (Å²) in [6.45, 7) is 4.81. The van der Waals surface area contributed by atoms with E-state index in [9.17, 15) is 5.11 Å². The molecule has 0 amide bonds. The summed E-state index contributed by atoms with van der Waals surface area (Å²) in [7, 11) is 0. The van der Waals surface area contributed by atoms with E-state index in [1.54, 1.807) is 12.1 Å². The molecule has 1 atom stereocenters. The predicted octanol–water partition coefficient (Wildman–Crippen LogP) is 3.66. The number of aryl methyl sites for hydroxylation is 2. The highest BCUT2D eigenvalue weighted by Crippen LogP contribution is 2.23. The van der Waals surface area contributed by atoms with E-state index in [0.29, 0.717) is 22.9 Å². The molecule has 5 heteroatoms. The standard InChI is InChI=1S/C15H18Cl2N2O/c1-3-19-12(6-10(2)18-19)9-13(20)7-11-4-5-14(16)15(17)8-11/h4-6,8,13,20H,3,7,9H2,1-2H3. The van der Waals surface area contributed by atoms with Crippen molar-refractivity contribution in [2.75, 3.05) is 0 Å². The summed E-state index contributed by atoms with van der Waals surface area (Å²) < 4.78 is 1.92. The maximum atomic E-state index is 10.2. The smallest absolute Gasteiger partial charge is 0.0635 e. The molecule has 1 heterocycles. The van der Waals surface area contributed by atoms with Crippen LogP contribution in [0.25, 0.3) is 0 Å². The minimum absolute atomic E-state index is 0.464. The van der Waals surface area contributed by atoms with Crippen LogP contribution >= 0.6 is 23.2 Å². The van der Waals surface area contributed by atoms with Crippen LogP contribution in [0, 0.1) is 6.92 Å². The van der Waals surface area contributed by atoms with Crippen LogP contribution in [0.2, 0.25) is 10.0 Å². The second kappa shape index (κ2) is 6.61. The Labute approximate surface area is 129 Å². The van der Waals surface area contributed by atoms with E-state index in [4.69, 9.17) is 23.2 Å². The molecule has 108 valence electrons. The summed E-state index contributed by atoms with van der Waals surface area (Å²) >= 11 is 11.9. The van der Waals surface area contributed by atoms with Crippen LogP contribution < -0.4 is 0 Å². The Kier molecular flexibility index (Phi) is 5.08. The van der Waals surface area contributed by atoms with Gasteiger partial charge in [-0.2, -0.15) is 5.10 Å². The fraction of sp³-hybridized carbons (Fsp3) is 0.400. The molecule has 3 nitrogen and oxygen atoms in total. The van der Waals surface area contributed by atoms with Crippen molar-refractivity contribution < 1.29 is 5.11 Å². The van der Waals surface area contributed by atoms with Crippen LogP contribution in [0.4, 0.5) is 0 Å². The average molecular weight is 313 g/mol. The van der Waals surface area contributed by atoms with Gasteiger partial charge in [0.05, 0.1) is 21.8 Å². The summed E-state index contributed by atoms with van der Waals surface area (Å²) in [6.07, 6.45) is 0.661. The van der Waals surface area contributed by atoms with Crippen LogP contribution in [-0.4, -0.2) is 21.0 Å². The SMILES string of the molecule is CCn1nc(C)cc1CC(O)Cc1ccc(Cl)c(Cl)c1. The molecular formula is C15H18Cl2N2O. The van der Waals surface area contributed by atoms with Gasteiger partial charge in [0.25, 0.3) is 0 Å². The minimum atomic E-state index is -0.464. The first-order valence-electron chi connectivity index (χ1n) is 6.65. The highest BCUT2D eigenvalue weighted by atomic mass is 35.5. The number of hydrogen-bond donors (Lipinski definition) is 1. The summed E-state index contributed by atoms with van der Waals surface area (Å²) in [5, 5.41) is 15.7. The largest absolute Gasteiger partial charge is 0.392 e. The third-order valence-electron chi connectivity index (χ3n) is 3.19. The molecule has 0 spiro atoms. The third kappa shape index (κ3) is 3.75. The van der Waals surface area contributed by atoms with E-state index in [2.05, 4.69) is 5.10 Å². The summed E-state index contributed by atoms with van der Waals surface area (Å²) in [5.74, 6) is 0. The van der Waals surface area contributed by atoms with Gasteiger partial charge in [-0.1, -0.05) is 29.3 Å². The van der Waals surface area contributed by atoms with Crippen molar-refractivity contribution in [1.82, 2.24) is 9.78 Å². The van der Waals surface area contributed by atoms with Crippen molar-refractivity contribution in [3.63, 3.8) is 0 Å². The molecule has 0 aliphatic heterocycles. The summed E-state index contributed by atoms with van der Waals surface area (Å²) in [4.78, 5) is 0. The number of aliphatic hydroxyl groups is 1. The van der Waals surface area contributed by atoms with Gasteiger partial charge in [-0.25, -0.2) is 0 Å². The van der Waals surface area contributed by atoms with E-state index < -0.39 is 6.10 Å². The van der Waals surface area contributed by atoms with Crippen molar-refractivity contribution in [3.8, 4) is 0 Å². The van der Waals surface area contributed by atoms with Gasteiger partial charge in [0.1, 0.15) is 0 Å². The fourth-order valence-electron chi connectivity index (χ4n) is 2.29. The third-order valence-corrected chi connectivity index (χ3v) is 3.92. The van der Waals surface area contributed by atoms with E-state index >= 15 is 0 Å². The molecule has 0 fully saturated rings. The van der Waals surface area contributed by atoms with Gasteiger partial charge in [0.15, 0.2) is 0 Å².